The van der Waals surface area contributed by atoms with Gasteiger partial charge in [-0.1, -0.05) is 0 Å². The standard InChI is InChI=1S/C14H12N4O/c15-9-10-1-5-12(6-2-10)17-14(19)18-13-7-3-11(16)4-8-13/h1-8H,16H2,(H2,17,18,19). The Morgan fingerprint density at radius 3 is 1.89 bits per heavy atom. The third kappa shape index (κ3) is 3.48. The monoisotopic (exact) mass is 252 g/mol. The topological polar surface area (TPSA) is 90.9 Å². The number of benzene rings is 2. The Kier molecular flexibility index (Phi) is 3.64. The Bertz CT molecular complexity index is 611. The van der Waals surface area contributed by atoms with Crippen LogP contribution in [-0.4, -0.2) is 6.03 Å². The number of nitrogen functional groups attached to an aromatic ring is 1. The first kappa shape index (κ1) is 12.5. The van der Waals surface area contributed by atoms with E-state index in [0.29, 0.717) is 22.6 Å². The smallest absolute Gasteiger partial charge is 0.323 e. The SMILES string of the molecule is N#Cc1ccc(NC(=O)Nc2ccc(N)cc2)cc1. The van der Waals surface area contributed by atoms with Gasteiger partial charge in [-0.2, -0.15) is 5.26 Å². The Labute approximate surface area is 110 Å². The van der Waals surface area contributed by atoms with E-state index in [2.05, 4.69) is 10.6 Å². The summed E-state index contributed by atoms with van der Waals surface area (Å²) in [5.41, 5.74) is 8.01. The summed E-state index contributed by atoms with van der Waals surface area (Å²) < 4.78 is 0. The fourth-order valence-electron chi connectivity index (χ4n) is 1.49. The van der Waals surface area contributed by atoms with Gasteiger partial charge in [-0.25, -0.2) is 4.79 Å². The first-order valence-electron chi connectivity index (χ1n) is 5.61. The van der Waals surface area contributed by atoms with Crippen LogP contribution in [0.4, 0.5) is 21.9 Å². The molecule has 94 valence electrons. The number of amides is 2. The van der Waals surface area contributed by atoms with Gasteiger partial charge < -0.3 is 16.4 Å². The molecule has 19 heavy (non-hydrogen) atoms. The predicted molar refractivity (Wildman–Crippen MR) is 74.7 cm³/mol. The van der Waals surface area contributed by atoms with Gasteiger partial charge in [0.25, 0.3) is 0 Å². The van der Waals surface area contributed by atoms with Gasteiger partial charge in [0.05, 0.1) is 11.6 Å². The van der Waals surface area contributed by atoms with Crippen LogP contribution in [0.15, 0.2) is 48.5 Å². The lowest BCUT2D eigenvalue weighted by atomic mass is 10.2. The van der Waals surface area contributed by atoms with Crippen molar-refractivity contribution in [3.63, 3.8) is 0 Å². The van der Waals surface area contributed by atoms with E-state index >= 15 is 0 Å². The molecule has 0 saturated heterocycles. The van der Waals surface area contributed by atoms with Crippen LogP contribution in [0.5, 0.6) is 0 Å². The highest BCUT2D eigenvalue weighted by atomic mass is 16.2. The second-order valence-electron chi connectivity index (χ2n) is 3.89. The second-order valence-corrected chi connectivity index (χ2v) is 3.89. The van der Waals surface area contributed by atoms with E-state index < -0.39 is 0 Å². The first-order valence-corrected chi connectivity index (χ1v) is 5.61. The van der Waals surface area contributed by atoms with E-state index in [-0.39, 0.29) is 6.03 Å². The number of hydrogen-bond donors (Lipinski definition) is 3. The van der Waals surface area contributed by atoms with Crippen molar-refractivity contribution in [1.29, 1.82) is 5.26 Å². The van der Waals surface area contributed by atoms with Crippen molar-refractivity contribution in [3.8, 4) is 6.07 Å². The van der Waals surface area contributed by atoms with Gasteiger partial charge in [0.15, 0.2) is 0 Å². The lowest BCUT2D eigenvalue weighted by molar-refractivity contribution is 0.262. The fraction of sp³-hybridized carbons (Fsp3) is 0. The maximum atomic E-state index is 11.7. The van der Waals surface area contributed by atoms with Crippen LogP contribution in [0.3, 0.4) is 0 Å². The summed E-state index contributed by atoms with van der Waals surface area (Å²) in [6, 6.07) is 15.1. The summed E-state index contributed by atoms with van der Waals surface area (Å²) in [6.45, 7) is 0. The van der Waals surface area contributed by atoms with Crippen LogP contribution in [0.25, 0.3) is 0 Å². The van der Waals surface area contributed by atoms with Crippen molar-refractivity contribution in [3.05, 3.63) is 54.1 Å². The van der Waals surface area contributed by atoms with Crippen LogP contribution in [0, 0.1) is 11.3 Å². The fourth-order valence-corrected chi connectivity index (χ4v) is 1.49. The van der Waals surface area contributed by atoms with E-state index in [1.54, 1.807) is 48.5 Å². The molecule has 4 N–H and O–H groups in total. The molecule has 0 aliphatic carbocycles. The average Bonchev–Trinajstić information content (AvgIpc) is 2.42. The van der Waals surface area contributed by atoms with Crippen molar-refractivity contribution < 1.29 is 4.79 Å². The number of nitriles is 1. The number of nitrogens with two attached hydrogens (primary N) is 1. The van der Waals surface area contributed by atoms with E-state index in [0.717, 1.165) is 0 Å². The van der Waals surface area contributed by atoms with Gasteiger partial charge in [0, 0.05) is 17.1 Å². The van der Waals surface area contributed by atoms with Gasteiger partial charge >= 0.3 is 6.03 Å². The number of anilines is 3. The lowest BCUT2D eigenvalue weighted by Gasteiger charge is -2.07. The number of nitrogens with zero attached hydrogens (tertiary/aromatic N) is 1. The zero-order chi connectivity index (χ0) is 13.7. The van der Waals surface area contributed by atoms with Crippen molar-refractivity contribution >= 4 is 23.1 Å². The van der Waals surface area contributed by atoms with Crippen LogP contribution in [0.2, 0.25) is 0 Å². The average molecular weight is 252 g/mol. The molecule has 0 aromatic heterocycles. The minimum atomic E-state index is -0.352. The number of urea groups is 1. The Morgan fingerprint density at radius 2 is 1.42 bits per heavy atom. The summed E-state index contributed by atoms with van der Waals surface area (Å²) in [4.78, 5) is 11.7. The van der Waals surface area contributed by atoms with Crippen molar-refractivity contribution in [2.45, 2.75) is 0 Å². The van der Waals surface area contributed by atoms with E-state index in [1.807, 2.05) is 6.07 Å². The van der Waals surface area contributed by atoms with Crippen molar-refractivity contribution in [1.82, 2.24) is 0 Å². The van der Waals surface area contributed by atoms with Gasteiger partial charge in [-0.05, 0) is 48.5 Å². The van der Waals surface area contributed by atoms with Crippen LogP contribution in [-0.2, 0) is 0 Å². The summed E-state index contributed by atoms with van der Waals surface area (Å²) >= 11 is 0. The molecular weight excluding hydrogens is 240 g/mol. The molecule has 0 aliphatic rings. The van der Waals surface area contributed by atoms with Crippen LogP contribution >= 0.6 is 0 Å². The molecule has 2 aromatic carbocycles. The molecule has 0 heterocycles. The lowest BCUT2D eigenvalue weighted by Crippen LogP contribution is -2.19. The Morgan fingerprint density at radius 1 is 0.947 bits per heavy atom. The molecule has 0 saturated carbocycles. The highest BCUT2D eigenvalue weighted by Gasteiger charge is 2.02. The summed E-state index contributed by atoms with van der Waals surface area (Å²) in [5.74, 6) is 0. The number of nitrogens with one attached hydrogen (secondary N) is 2. The molecule has 0 radical (unpaired) electrons. The molecule has 0 fully saturated rings. The van der Waals surface area contributed by atoms with E-state index in [9.17, 15) is 4.79 Å². The molecule has 0 bridgehead atoms. The van der Waals surface area contributed by atoms with Gasteiger partial charge in [0.1, 0.15) is 0 Å². The number of carbonyl (C=O) groups is 1. The molecule has 2 rings (SSSR count). The van der Waals surface area contributed by atoms with Gasteiger partial charge in [0.2, 0.25) is 0 Å². The molecule has 0 spiro atoms. The molecule has 0 atom stereocenters. The maximum Gasteiger partial charge on any atom is 0.323 e. The molecule has 2 aromatic rings. The van der Waals surface area contributed by atoms with Crippen molar-refractivity contribution in [2.24, 2.45) is 0 Å². The molecule has 5 nitrogen and oxygen atoms in total. The summed E-state index contributed by atoms with van der Waals surface area (Å²) in [6.07, 6.45) is 0. The quantitative estimate of drug-likeness (QED) is 0.718. The zero-order valence-electron chi connectivity index (χ0n) is 10.1. The van der Waals surface area contributed by atoms with Gasteiger partial charge in [-0.3, -0.25) is 0 Å². The minimum Gasteiger partial charge on any atom is -0.399 e. The highest BCUT2D eigenvalue weighted by molar-refractivity contribution is 5.99. The molecule has 0 aliphatic heterocycles. The van der Waals surface area contributed by atoms with Crippen LogP contribution in [0.1, 0.15) is 5.56 Å². The van der Waals surface area contributed by atoms with E-state index in [4.69, 9.17) is 11.0 Å². The minimum absolute atomic E-state index is 0.352. The summed E-state index contributed by atoms with van der Waals surface area (Å²) in [7, 11) is 0. The molecular formula is C14H12N4O. The summed E-state index contributed by atoms with van der Waals surface area (Å²) in [5, 5.41) is 14.0. The molecule has 2 amide bonds. The van der Waals surface area contributed by atoms with Crippen molar-refractivity contribution in [2.75, 3.05) is 16.4 Å². The Hall–Kier alpha value is -3.00. The second kappa shape index (κ2) is 5.56. The number of carbonyl (C=O) groups excluding carboxylic acids is 1. The molecule has 0 unspecified atom stereocenters. The third-order valence-electron chi connectivity index (χ3n) is 2.44. The normalized spacial score (nSPS) is 9.42. The number of hydrogen-bond acceptors (Lipinski definition) is 3. The zero-order valence-corrected chi connectivity index (χ0v) is 10.1. The van der Waals surface area contributed by atoms with Crippen LogP contribution < -0.4 is 16.4 Å². The maximum absolute atomic E-state index is 11.7. The van der Waals surface area contributed by atoms with Gasteiger partial charge in [-0.15, -0.1) is 0 Å². The Balaban J connectivity index is 1.97. The first-order chi connectivity index (χ1) is 9.17. The molecule has 5 heteroatoms. The number of rotatable bonds is 2. The largest absolute Gasteiger partial charge is 0.399 e. The predicted octanol–water partition coefficient (Wildman–Crippen LogP) is 2.78. The highest BCUT2D eigenvalue weighted by Crippen LogP contribution is 2.12. The third-order valence-corrected chi connectivity index (χ3v) is 2.44. The van der Waals surface area contributed by atoms with E-state index in [1.165, 1.54) is 0 Å².